The molecule has 0 aromatic heterocycles. The summed E-state index contributed by atoms with van der Waals surface area (Å²) in [7, 11) is 0. The van der Waals surface area contributed by atoms with E-state index in [1.54, 1.807) is 11.8 Å². The third-order valence-corrected chi connectivity index (χ3v) is 4.12. The van der Waals surface area contributed by atoms with Crippen molar-refractivity contribution in [2.75, 3.05) is 6.26 Å². The fourth-order valence-electron chi connectivity index (χ4n) is 2.00. The maximum Gasteiger partial charge on any atom is 0.124 e. The molecule has 1 nitrogen and oxygen atoms in total. The van der Waals surface area contributed by atoms with Gasteiger partial charge in [0.05, 0.1) is 6.10 Å². The van der Waals surface area contributed by atoms with Gasteiger partial charge in [-0.1, -0.05) is 34.1 Å². The zero-order chi connectivity index (χ0) is 13.8. The van der Waals surface area contributed by atoms with Crippen LogP contribution in [-0.4, -0.2) is 11.4 Å². The Hall–Kier alpha value is -0.840. The minimum Gasteiger partial charge on any atom is -0.388 e. The first kappa shape index (κ1) is 14.6. The molecule has 0 spiro atoms. The van der Waals surface area contributed by atoms with E-state index in [2.05, 4.69) is 15.9 Å². The number of aliphatic hydroxyl groups excluding tert-OH is 1. The molecule has 2 aromatic carbocycles. The standard InChI is InChI=1S/C15H14BrFOS/c1-19-15-5-3-2-4-13(15)14(18)8-10-6-11(16)9-12(17)7-10/h2-7,9,14,18H,8H2,1H3. The van der Waals surface area contributed by atoms with Crippen LogP contribution in [0, 0.1) is 5.82 Å². The van der Waals surface area contributed by atoms with Gasteiger partial charge in [0.2, 0.25) is 0 Å². The molecule has 0 aliphatic heterocycles. The molecule has 0 bridgehead atoms. The van der Waals surface area contributed by atoms with Crippen LogP contribution in [0.2, 0.25) is 0 Å². The summed E-state index contributed by atoms with van der Waals surface area (Å²) in [5.41, 5.74) is 1.66. The van der Waals surface area contributed by atoms with Crippen molar-refractivity contribution in [2.45, 2.75) is 17.4 Å². The van der Waals surface area contributed by atoms with Gasteiger partial charge in [0, 0.05) is 15.8 Å². The molecular weight excluding hydrogens is 327 g/mol. The van der Waals surface area contributed by atoms with Gasteiger partial charge in [-0.2, -0.15) is 0 Å². The van der Waals surface area contributed by atoms with Gasteiger partial charge in [-0.3, -0.25) is 0 Å². The van der Waals surface area contributed by atoms with Crippen LogP contribution in [0.4, 0.5) is 4.39 Å². The maximum atomic E-state index is 13.3. The van der Waals surface area contributed by atoms with Crippen molar-refractivity contribution < 1.29 is 9.50 Å². The van der Waals surface area contributed by atoms with Gasteiger partial charge >= 0.3 is 0 Å². The van der Waals surface area contributed by atoms with Crippen LogP contribution in [0.25, 0.3) is 0 Å². The predicted octanol–water partition coefficient (Wildman–Crippen LogP) is 4.59. The third-order valence-electron chi connectivity index (χ3n) is 2.85. The number of hydrogen-bond donors (Lipinski definition) is 1. The van der Waals surface area contributed by atoms with Crippen molar-refractivity contribution >= 4 is 27.7 Å². The van der Waals surface area contributed by atoms with Gasteiger partial charge in [-0.25, -0.2) is 4.39 Å². The first-order valence-corrected chi connectivity index (χ1v) is 7.88. The van der Waals surface area contributed by atoms with Gasteiger partial charge in [0.1, 0.15) is 5.82 Å². The Morgan fingerprint density at radius 3 is 2.68 bits per heavy atom. The monoisotopic (exact) mass is 340 g/mol. The Kier molecular flexibility index (Phi) is 5.02. The molecule has 0 aliphatic rings. The Balaban J connectivity index is 2.22. The Morgan fingerprint density at radius 2 is 2.00 bits per heavy atom. The molecule has 0 amide bonds. The van der Waals surface area contributed by atoms with Crippen molar-refractivity contribution in [1.29, 1.82) is 0 Å². The number of halogens is 2. The molecule has 2 rings (SSSR count). The lowest BCUT2D eigenvalue weighted by Gasteiger charge is -2.14. The van der Waals surface area contributed by atoms with Gasteiger partial charge in [-0.05, 0) is 41.6 Å². The summed E-state index contributed by atoms with van der Waals surface area (Å²) in [6.07, 6.45) is 1.75. The molecule has 0 saturated carbocycles. The van der Waals surface area contributed by atoms with Crippen molar-refractivity contribution in [2.24, 2.45) is 0 Å². The van der Waals surface area contributed by atoms with Gasteiger partial charge in [-0.15, -0.1) is 11.8 Å². The van der Waals surface area contributed by atoms with Crippen molar-refractivity contribution in [3.05, 3.63) is 63.9 Å². The third kappa shape index (κ3) is 3.81. The Bertz CT molecular complexity index is 554. The number of aliphatic hydroxyl groups is 1. The molecule has 1 unspecified atom stereocenters. The van der Waals surface area contributed by atoms with Crippen LogP contribution < -0.4 is 0 Å². The normalized spacial score (nSPS) is 12.4. The fourth-order valence-corrected chi connectivity index (χ4v) is 3.17. The second-order valence-corrected chi connectivity index (χ2v) is 6.00. The molecule has 4 heteroatoms. The van der Waals surface area contributed by atoms with E-state index in [0.29, 0.717) is 10.9 Å². The summed E-state index contributed by atoms with van der Waals surface area (Å²) in [4.78, 5) is 1.05. The van der Waals surface area contributed by atoms with E-state index in [0.717, 1.165) is 16.0 Å². The van der Waals surface area contributed by atoms with Crippen LogP contribution in [0.5, 0.6) is 0 Å². The van der Waals surface area contributed by atoms with E-state index < -0.39 is 6.10 Å². The highest BCUT2D eigenvalue weighted by molar-refractivity contribution is 9.10. The minimum atomic E-state index is -0.627. The molecule has 0 fully saturated rings. The topological polar surface area (TPSA) is 20.2 Å². The second kappa shape index (κ2) is 6.55. The number of hydrogen-bond acceptors (Lipinski definition) is 2. The SMILES string of the molecule is CSc1ccccc1C(O)Cc1cc(F)cc(Br)c1. The first-order valence-electron chi connectivity index (χ1n) is 5.86. The van der Waals surface area contributed by atoms with Crippen molar-refractivity contribution in [1.82, 2.24) is 0 Å². The van der Waals surface area contributed by atoms with Crippen LogP contribution >= 0.6 is 27.7 Å². The smallest absolute Gasteiger partial charge is 0.124 e. The Morgan fingerprint density at radius 1 is 1.26 bits per heavy atom. The van der Waals surface area contributed by atoms with E-state index in [9.17, 15) is 9.50 Å². The molecule has 0 heterocycles. The molecule has 19 heavy (non-hydrogen) atoms. The average Bonchev–Trinajstić information content (AvgIpc) is 2.37. The highest BCUT2D eigenvalue weighted by atomic mass is 79.9. The van der Waals surface area contributed by atoms with Gasteiger partial charge in [0.25, 0.3) is 0 Å². The maximum absolute atomic E-state index is 13.3. The first-order chi connectivity index (χ1) is 9.10. The van der Waals surface area contributed by atoms with Gasteiger partial charge < -0.3 is 5.11 Å². The van der Waals surface area contributed by atoms with Crippen molar-refractivity contribution in [3.8, 4) is 0 Å². The van der Waals surface area contributed by atoms with Gasteiger partial charge in [0.15, 0.2) is 0 Å². The van der Waals surface area contributed by atoms with Crippen LogP contribution in [0.1, 0.15) is 17.2 Å². The van der Waals surface area contributed by atoms with E-state index in [1.165, 1.54) is 12.1 Å². The van der Waals surface area contributed by atoms with E-state index >= 15 is 0 Å². The zero-order valence-corrected chi connectivity index (χ0v) is 12.8. The molecular formula is C15H14BrFOS. The number of benzene rings is 2. The fraction of sp³-hybridized carbons (Fsp3) is 0.200. The second-order valence-electron chi connectivity index (χ2n) is 4.24. The lowest BCUT2D eigenvalue weighted by Crippen LogP contribution is -2.03. The van der Waals surface area contributed by atoms with Crippen LogP contribution in [0.15, 0.2) is 51.8 Å². The van der Waals surface area contributed by atoms with E-state index in [-0.39, 0.29) is 5.82 Å². The summed E-state index contributed by atoms with van der Waals surface area (Å²) >= 11 is 4.86. The lowest BCUT2D eigenvalue weighted by molar-refractivity contribution is 0.175. The van der Waals surface area contributed by atoms with Crippen LogP contribution in [-0.2, 0) is 6.42 Å². The lowest BCUT2D eigenvalue weighted by atomic mass is 10.0. The molecule has 0 aliphatic carbocycles. The molecule has 1 atom stereocenters. The average molecular weight is 341 g/mol. The highest BCUT2D eigenvalue weighted by Crippen LogP contribution is 2.28. The highest BCUT2D eigenvalue weighted by Gasteiger charge is 2.13. The molecule has 0 saturated heterocycles. The molecule has 100 valence electrons. The summed E-state index contributed by atoms with van der Waals surface area (Å²) in [5, 5.41) is 10.3. The molecule has 0 radical (unpaired) electrons. The summed E-state index contributed by atoms with van der Waals surface area (Å²) < 4.78 is 14.0. The molecule has 1 N–H and O–H groups in total. The quantitative estimate of drug-likeness (QED) is 0.821. The number of thioether (sulfide) groups is 1. The molecule has 2 aromatic rings. The summed E-state index contributed by atoms with van der Waals surface area (Å²) in [6.45, 7) is 0. The van der Waals surface area contributed by atoms with Crippen LogP contribution in [0.3, 0.4) is 0 Å². The Labute approximate surface area is 125 Å². The zero-order valence-electron chi connectivity index (χ0n) is 10.4. The summed E-state index contributed by atoms with van der Waals surface area (Å²) in [6, 6.07) is 12.4. The minimum absolute atomic E-state index is 0.297. The van der Waals surface area contributed by atoms with E-state index in [4.69, 9.17) is 0 Å². The van der Waals surface area contributed by atoms with E-state index in [1.807, 2.05) is 36.6 Å². The summed E-state index contributed by atoms with van der Waals surface area (Å²) in [5.74, 6) is -0.297. The predicted molar refractivity (Wildman–Crippen MR) is 81.0 cm³/mol. The number of rotatable bonds is 4. The van der Waals surface area contributed by atoms with Crippen molar-refractivity contribution in [3.63, 3.8) is 0 Å². The largest absolute Gasteiger partial charge is 0.388 e.